The van der Waals surface area contributed by atoms with Crippen molar-refractivity contribution in [2.45, 2.75) is 13.0 Å². The van der Waals surface area contributed by atoms with Crippen molar-refractivity contribution < 1.29 is 0 Å². The van der Waals surface area contributed by atoms with Gasteiger partial charge in [0.1, 0.15) is 0 Å². The molecule has 1 unspecified atom stereocenters. The molecule has 86 valence electrons. The monoisotopic (exact) mass is 218 g/mol. The van der Waals surface area contributed by atoms with Crippen LogP contribution in [0.1, 0.15) is 6.92 Å². The van der Waals surface area contributed by atoms with Crippen LogP contribution in [0.5, 0.6) is 0 Å². The van der Waals surface area contributed by atoms with Gasteiger partial charge in [-0.3, -0.25) is 4.98 Å². The molecule has 0 bridgehead atoms. The summed E-state index contributed by atoms with van der Waals surface area (Å²) in [7, 11) is 4.10. The molecular formula is C12H18N4. The van der Waals surface area contributed by atoms with Crippen LogP contribution in [0, 0.1) is 0 Å². The van der Waals surface area contributed by atoms with E-state index in [1.54, 1.807) is 0 Å². The molecule has 2 heterocycles. The lowest BCUT2D eigenvalue weighted by molar-refractivity contribution is 0.717. The van der Waals surface area contributed by atoms with Crippen LogP contribution in [0.15, 0.2) is 24.5 Å². The van der Waals surface area contributed by atoms with Crippen molar-refractivity contribution >= 4 is 16.7 Å². The minimum absolute atomic E-state index is 0.161. The summed E-state index contributed by atoms with van der Waals surface area (Å²) in [6, 6.07) is 4.22. The molecule has 4 heteroatoms. The highest BCUT2D eigenvalue weighted by molar-refractivity contribution is 5.88. The van der Waals surface area contributed by atoms with Crippen LogP contribution in [-0.2, 0) is 7.05 Å². The number of fused-ring (bicyclic) bond motifs is 1. The van der Waals surface area contributed by atoms with Crippen molar-refractivity contribution in [2.75, 3.05) is 18.5 Å². The molecule has 0 saturated heterocycles. The quantitative estimate of drug-likeness (QED) is 0.846. The fraction of sp³-hybridized carbons (Fsp3) is 0.417. The summed E-state index contributed by atoms with van der Waals surface area (Å²) in [6.07, 6.45) is 3.87. The Hall–Kier alpha value is -1.55. The summed E-state index contributed by atoms with van der Waals surface area (Å²) < 4.78 is 2.09. The number of aromatic nitrogens is 2. The van der Waals surface area contributed by atoms with Crippen LogP contribution in [-0.4, -0.2) is 29.2 Å². The SMILES string of the molecule is CC(N)CN(C)c1ccnc2ccn(C)c12. The van der Waals surface area contributed by atoms with Crippen molar-refractivity contribution in [2.24, 2.45) is 12.8 Å². The first kappa shape index (κ1) is 11.0. The van der Waals surface area contributed by atoms with Gasteiger partial charge in [-0.25, -0.2) is 0 Å². The molecule has 16 heavy (non-hydrogen) atoms. The molecule has 1 atom stereocenters. The molecule has 0 aliphatic carbocycles. The zero-order valence-corrected chi connectivity index (χ0v) is 10.0. The second kappa shape index (κ2) is 4.14. The summed E-state index contributed by atoms with van der Waals surface area (Å²) in [5.74, 6) is 0. The normalized spacial score (nSPS) is 13.0. The Bertz CT molecular complexity index is 487. The molecule has 0 aliphatic heterocycles. The van der Waals surface area contributed by atoms with Crippen LogP contribution in [0.25, 0.3) is 11.0 Å². The van der Waals surface area contributed by atoms with Gasteiger partial charge in [0.2, 0.25) is 0 Å². The highest BCUT2D eigenvalue weighted by Gasteiger charge is 2.10. The molecule has 0 amide bonds. The van der Waals surface area contributed by atoms with Crippen LogP contribution in [0.2, 0.25) is 0 Å². The van der Waals surface area contributed by atoms with Gasteiger partial charge in [-0.1, -0.05) is 0 Å². The van der Waals surface area contributed by atoms with Gasteiger partial charge in [0, 0.05) is 39.1 Å². The predicted octanol–water partition coefficient (Wildman–Crippen LogP) is 1.36. The molecule has 2 rings (SSSR count). The first-order valence-corrected chi connectivity index (χ1v) is 5.46. The van der Waals surface area contributed by atoms with E-state index in [0.29, 0.717) is 0 Å². The van der Waals surface area contributed by atoms with Gasteiger partial charge in [0.25, 0.3) is 0 Å². The Kier molecular flexibility index (Phi) is 2.83. The zero-order valence-electron chi connectivity index (χ0n) is 10.0. The van der Waals surface area contributed by atoms with Crippen molar-refractivity contribution in [1.29, 1.82) is 0 Å². The molecule has 2 aromatic heterocycles. The third kappa shape index (κ3) is 1.88. The molecule has 0 saturated carbocycles. The van der Waals surface area contributed by atoms with Gasteiger partial charge in [-0.05, 0) is 19.1 Å². The van der Waals surface area contributed by atoms with Crippen molar-refractivity contribution in [1.82, 2.24) is 9.55 Å². The summed E-state index contributed by atoms with van der Waals surface area (Å²) in [4.78, 5) is 6.52. The number of aryl methyl sites for hydroxylation is 1. The maximum atomic E-state index is 5.82. The fourth-order valence-electron chi connectivity index (χ4n) is 2.04. The molecule has 0 radical (unpaired) electrons. The average Bonchev–Trinajstić information content (AvgIpc) is 2.59. The first-order chi connectivity index (χ1) is 7.59. The second-order valence-corrected chi connectivity index (χ2v) is 4.35. The van der Waals surface area contributed by atoms with Gasteiger partial charge < -0.3 is 15.2 Å². The molecule has 0 fully saturated rings. The summed E-state index contributed by atoms with van der Waals surface area (Å²) in [5, 5.41) is 0. The highest BCUT2D eigenvalue weighted by atomic mass is 15.1. The smallest absolute Gasteiger partial charge is 0.0903 e. The van der Waals surface area contributed by atoms with Crippen molar-refractivity contribution in [3.8, 4) is 0 Å². The molecule has 2 N–H and O–H groups in total. The lowest BCUT2D eigenvalue weighted by Crippen LogP contribution is -2.33. The van der Waals surface area contributed by atoms with E-state index in [9.17, 15) is 0 Å². The second-order valence-electron chi connectivity index (χ2n) is 4.35. The molecular weight excluding hydrogens is 200 g/mol. The van der Waals surface area contributed by atoms with E-state index in [-0.39, 0.29) is 6.04 Å². The standard InChI is InChI=1S/C12H18N4/c1-9(13)8-16(3)11-4-6-14-10-5-7-15(2)12(10)11/h4-7,9H,8,13H2,1-3H3. The van der Waals surface area contributed by atoms with Gasteiger partial charge in [-0.2, -0.15) is 0 Å². The van der Waals surface area contributed by atoms with Gasteiger partial charge in [-0.15, -0.1) is 0 Å². The van der Waals surface area contributed by atoms with Gasteiger partial charge in [0.15, 0.2) is 0 Å². The zero-order chi connectivity index (χ0) is 11.7. The van der Waals surface area contributed by atoms with Crippen molar-refractivity contribution in [3.63, 3.8) is 0 Å². The summed E-state index contributed by atoms with van der Waals surface area (Å²) >= 11 is 0. The molecule has 2 aromatic rings. The number of hydrogen-bond acceptors (Lipinski definition) is 3. The van der Waals surface area contributed by atoms with E-state index in [0.717, 1.165) is 17.6 Å². The Balaban J connectivity index is 2.47. The number of likely N-dealkylation sites (N-methyl/N-ethyl adjacent to an activating group) is 1. The minimum atomic E-state index is 0.161. The third-order valence-electron chi connectivity index (χ3n) is 2.71. The molecule has 0 aromatic carbocycles. The van der Waals surface area contributed by atoms with E-state index >= 15 is 0 Å². The van der Waals surface area contributed by atoms with Gasteiger partial charge >= 0.3 is 0 Å². The molecule has 0 aliphatic rings. The predicted molar refractivity (Wildman–Crippen MR) is 67.6 cm³/mol. The van der Waals surface area contributed by atoms with E-state index in [2.05, 4.69) is 21.5 Å². The number of nitrogens with two attached hydrogens (primary N) is 1. The average molecular weight is 218 g/mol. The minimum Gasteiger partial charge on any atom is -0.371 e. The first-order valence-electron chi connectivity index (χ1n) is 5.46. The number of nitrogens with zero attached hydrogens (tertiary/aromatic N) is 3. The Morgan fingerprint density at radius 1 is 1.50 bits per heavy atom. The van der Waals surface area contributed by atoms with Crippen LogP contribution >= 0.6 is 0 Å². The molecule has 0 spiro atoms. The maximum absolute atomic E-state index is 5.82. The fourth-order valence-corrected chi connectivity index (χ4v) is 2.04. The third-order valence-corrected chi connectivity index (χ3v) is 2.71. The van der Waals surface area contributed by atoms with Gasteiger partial charge in [0.05, 0.1) is 16.7 Å². The van der Waals surface area contributed by atoms with E-state index in [4.69, 9.17) is 5.73 Å². The van der Waals surface area contributed by atoms with Crippen LogP contribution in [0.3, 0.4) is 0 Å². The number of anilines is 1. The number of pyridine rings is 1. The Labute approximate surface area is 95.7 Å². The topological polar surface area (TPSA) is 47.1 Å². The summed E-state index contributed by atoms with van der Waals surface area (Å²) in [5.41, 5.74) is 9.18. The lowest BCUT2D eigenvalue weighted by Gasteiger charge is -2.22. The van der Waals surface area contributed by atoms with Crippen LogP contribution < -0.4 is 10.6 Å². The Morgan fingerprint density at radius 3 is 2.94 bits per heavy atom. The van der Waals surface area contributed by atoms with E-state index in [1.807, 2.05) is 38.5 Å². The number of rotatable bonds is 3. The lowest BCUT2D eigenvalue weighted by atomic mass is 10.2. The highest BCUT2D eigenvalue weighted by Crippen LogP contribution is 2.24. The Morgan fingerprint density at radius 2 is 2.25 bits per heavy atom. The van der Waals surface area contributed by atoms with E-state index < -0.39 is 0 Å². The largest absolute Gasteiger partial charge is 0.371 e. The van der Waals surface area contributed by atoms with Crippen molar-refractivity contribution in [3.05, 3.63) is 24.5 Å². The van der Waals surface area contributed by atoms with Crippen LogP contribution in [0.4, 0.5) is 5.69 Å². The maximum Gasteiger partial charge on any atom is 0.0903 e. The van der Waals surface area contributed by atoms with E-state index in [1.165, 1.54) is 5.69 Å². The number of hydrogen-bond donors (Lipinski definition) is 1. The molecule has 4 nitrogen and oxygen atoms in total. The summed E-state index contributed by atoms with van der Waals surface area (Å²) in [6.45, 7) is 2.85.